The predicted molar refractivity (Wildman–Crippen MR) is 123 cm³/mol. The molecule has 0 spiro atoms. The summed E-state index contributed by atoms with van der Waals surface area (Å²) in [6, 6.07) is 16.6. The van der Waals surface area contributed by atoms with Gasteiger partial charge in [0.15, 0.2) is 0 Å². The molecule has 0 saturated carbocycles. The first-order valence-electron chi connectivity index (χ1n) is 9.72. The van der Waals surface area contributed by atoms with Crippen molar-refractivity contribution in [2.75, 3.05) is 11.9 Å². The Morgan fingerprint density at radius 2 is 1.73 bits per heavy atom. The SMILES string of the molecule is CN(c1cccc(-c2ccc(C(F)(F)F)c(Cl)c2)c1)c1nc2nncn2c2cc(Cl)ccc12. The van der Waals surface area contributed by atoms with Crippen LogP contribution in [0.15, 0.2) is 67.0 Å². The molecule has 0 saturated heterocycles. The van der Waals surface area contributed by atoms with E-state index in [4.69, 9.17) is 23.2 Å². The van der Waals surface area contributed by atoms with Crippen molar-refractivity contribution in [1.82, 2.24) is 19.6 Å². The summed E-state index contributed by atoms with van der Waals surface area (Å²) in [5, 5.41) is 9.05. The molecule has 2 heterocycles. The normalized spacial score (nSPS) is 11.9. The van der Waals surface area contributed by atoms with Crippen LogP contribution in [0.1, 0.15) is 5.56 Å². The Bertz CT molecular complexity index is 1510. The first kappa shape index (κ1) is 21.5. The molecule has 166 valence electrons. The fourth-order valence-electron chi connectivity index (χ4n) is 3.72. The van der Waals surface area contributed by atoms with E-state index >= 15 is 0 Å². The van der Waals surface area contributed by atoms with Gasteiger partial charge in [0.2, 0.25) is 0 Å². The van der Waals surface area contributed by atoms with Crippen molar-refractivity contribution < 1.29 is 13.2 Å². The third-order valence-electron chi connectivity index (χ3n) is 5.35. The molecule has 0 atom stereocenters. The summed E-state index contributed by atoms with van der Waals surface area (Å²) >= 11 is 12.1. The lowest BCUT2D eigenvalue weighted by Gasteiger charge is -2.21. The van der Waals surface area contributed by atoms with E-state index in [9.17, 15) is 13.2 Å². The minimum Gasteiger partial charge on any atom is -0.329 e. The zero-order chi connectivity index (χ0) is 23.3. The van der Waals surface area contributed by atoms with Gasteiger partial charge in [-0.1, -0.05) is 41.4 Å². The average Bonchev–Trinajstić information content (AvgIpc) is 3.26. The summed E-state index contributed by atoms with van der Waals surface area (Å²) in [6.45, 7) is 0. The summed E-state index contributed by atoms with van der Waals surface area (Å²) in [5.74, 6) is 1.04. The molecule has 0 N–H and O–H groups in total. The second-order valence-corrected chi connectivity index (χ2v) is 8.24. The smallest absolute Gasteiger partial charge is 0.329 e. The molecule has 0 unspecified atom stereocenters. The van der Waals surface area contributed by atoms with Gasteiger partial charge >= 0.3 is 6.18 Å². The van der Waals surface area contributed by atoms with E-state index in [1.807, 2.05) is 48.3 Å². The molecule has 33 heavy (non-hydrogen) atoms. The molecule has 0 aliphatic carbocycles. The van der Waals surface area contributed by atoms with Crippen molar-refractivity contribution in [3.8, 4) is 11.1 Å². The number of anilines is 2. The topological polar surface area (TPSA) is 46.3 Å². The molecule has 0 bridgehead atoms. The van der Waals surface area contributed by atoms with Gasteiger partial charge in [-0.05, 0) is 53.6 Å². The third kappa shape index (κ3) is 3.85. The first-order chi connectivity index (χ1) is 15.7. The van der Waals surface area contributed by atoms with Gasteiger partial charge in [0.1, 0.15) is 12.1 Å². The fourth-order valence-corrected chi connectivity index (χ4v) is 4.17. The Balaban J connectivity index is 1.60. The minimum atomic E-state index is -4.51. The molecule has 2 aromatic heterocycles. The second kappa shape index (κ2) is 7.90. The lowest BCUT2D eigenvalue weighted by molar-refractivity contribution is -0.137. The molecule has 5 aromatic rings. The molecule has 0 amide bonds. The maximum Gasteiger partial charge on any atom is 0.417 e. The number of hydrogen-bond donors (Lipinski definition) is 0. The summed E-state index contributed by atoms with van der Waals surface area (Å²) < 4.78 is 40.9. The summed E-state index contributed by atoms with van der Waals surface area (Å²) in [4.78, 5) is 6.53. The van der Waals surface area contributed by atoms with Crippen molar-refractivity contribution >= 4 is 51.4 Å². The van der Waals surface area contributed by atoms with Crippen molar-refractivity contribution in [3.05, 3.63) is 82.6 Å². The molecule has 0 radical (unpaired) electrons. The number of fused-ring (bicyclic) bond motifs is 3. The van der Waals surface area contributed by atoms with Crippen LogP contribution in [0.5, 0.6) is 0 Å². The molecule has 10 heteroatoms. The largest absolute Gasteiger partial charge is 0.417 e. The van der Waals surface area contributed by atoms with Crippen LogP contribution in [0.3, 0.4) is 0 Å². The highest BCUT2D eigenvalue weighted by Gasteiger charge is 2.33. The Morgan fingerprint density at radius 3 is 2.48 bits per heavy atom. The van der Waals surface area contributed by atoms with E-state index < -0.39 is 11.7 Å². The van der Waals surface area contributed by atoms with Gasteiger partial charge in [0.05, 0.1) is 16.1 Å². The van der Waals surface area contributed by atoms with Gasteiger partial charge < -0.3 is 4.90 Å². The molecular formula is C23H14Cl2F3N5. The van der Waals surface area contributed by atoms with E-state index in [1.165, 1.54) is 12.1 Å². The van der Waals surface area contributed by atoms with E-state index in [-0.39, 0.29) is 5.02 Å². The Labute approximate surface area is 196 Å². The van der Waals surface area contributed by atoms with E-state index in [1.54, 1.807) is 16.8 Å². The summed E-state index contributed by atoms with van der Waals surface area (Å²) in [5.41, 5.74) is 1.99. The van der Waals surface area contributed by atoms with Gasteiger partial charge in [0.25, 0.3) is 5.78 Å². The molecule has 0 aliphatic heterocycles. The molecule has 5 rings (SSSR count). The van der Waals surface area contributed by atoms with Crippen LogP contribution in [0.4, 0.5) is 24.7 Å². The molecule has 5 nitrogen and oxygen atoms in total. The standard InChI is InChI=1S/C23H14Cl2F3N5/c1-32(21-17-7-6-15(24)11-20(17)33-12-29-31-22(33)30-21)16-4-2-3-13(9-16)14-5-8-18(19(25)10-14)23(26,27)28/h2-12H,1H3. The van der Waals surface area contributed by atoms with Crippen LogP contribution in [-0.2, 0) is 6.18 Å². The highest BCUT2D eigenvalue weighted by Crippen LogP contribution is 2.38. The van der Waals surface area contributed by atoms with Crippen molar-refractivity contribution in [1.29, 1.82) is 0 Å². The van der Waals surface area contributed by atoms with Crippen LogP contribution in [0.25, 0.3) is 27.8 Å². The fraction of sp³-hybridized carbons (Fsp3) is 0.0870. The van der Waals surface area contributed by atoms with Crippen LogP contribution in [-0.4, -0.2) is 26.6 Å². The second-order valence-electron chi connectivity index (χ2n) is 7.40. The maximum absolute atomic E-state index is 13.1. The lowest BCUT2D eigenvalue weighted by Crippen LogP contribution is -2.13. The number of aromatic nitrogens is 4. The summed E-state index contributed by atoms with van der Waals surface area (Å²) in [6.07, 6.45) is -2.94. The molecule has 3 aromatic carbocycles. The van der Waals surface area contributed by atoms with E-state index in [2.05, 4.69) is 15.2 Å². The molecule has 0 aliphatic rings. The molecule has 0 fully saturated rings. The predicted octanol–water partition coefficient (Wildman–Crippen LogP) is 7.04. The van der Waals surface area contributed by atoms with Crippen molar-refractivity contribution in [2.24, 2.45) is 0 Å². The van der Waals surface area contributed by atoms with Gasteiger partial charge in [-0.15, -0.1) is 10.2 Å². The minimum absolute atomic E-state index is 0.347. The monoisotopic (exact) mass is 487 g/mol. The van der Waals surface area contributed by atoms with Crippen molar-refractivity contribution in [2.45, 2.75) is 6.18 Å². The number of rotatable bonds is 3. The van der Waals surface area contributed by atoms with Gasteiger partial charge in [-0.2, -0.15) is 18.2 Å². The van der Waals surface area contributed by atoms with Gasteiger partial charge in [0, 0.05) is 23.1 Å². The number of benzene rings is 3. The first-order valence-corrected chi connectivity index (χ1v) is 10.5. The summed E-state index contributed by atoms with van der Waals surface area (Å²) in [7, 11) is 1.85. The quantitative estimate of drug-likeness (QED) is 0.273. The van der Waals surface area contributed by atoms with E-state index in [0.29, 0.717) is 27.7 Å². The van der Waals surface area contributed by atoms with Crippen LogP contribution >= 0.6 is 23.2 Å². The lowest BCUT2D eigenvalue weighted by atomic mass is 10.0. The highest BCUT2D eigenvalue weighted by molar-refractivity contribution is 6.32. The highest BCUT2D eigenvalue weighted by atomic mass is 35.5. The number of alkyl halides is 3. The Hall–Kier alpha value is -3.36. The van der Waals surface area contributed by atoms with Crippen LogP contribution < -0.4 is 4.90 Å². The number of hydrogen-bond acceptors (Lipinski definition) is 4. The zero-order valence-electron chi connectivity index (χ0n) is 17.0. The Morgan fingerprint density at radius 1 is 0.939 bits per heavy atom. The number of halogens is 5. The van der Waals surface area contributed by atoms with Crippen LogP contribution in [0, 0.1) is 0 Å². The zero-order valence-corrected chi connectivity index (χ0v) is 18.5. The average molecular weight is 488 g/mol. The maximum atomic E-state index is 13.1. The number of nitrogens with zero attached hydrogens (tertiary/aromatic N) is 5. The van der Waals surface area contributed by atoms with Crippen molar-refractivity contribution in [3.63, 3.8) is 0 Å². The van der Waals surface area contributed by atoms with Gasteiger partial charge in [-0.3, -0.25) is 4.40 Å². The van der Waals surface area contributed by atoms with E-state index in [0.717, 1.165) is 22.7 Å². The van der Waals surface area contributed by atoms with Crippen LogP contribution in [0.2, 0.25) is 10.0 Å². The third-order valence-corrected chi connectivity index (χ3v) is 5.90. The van der Waals surface area contributed by atoms with Gasteiger partial charge in [-0.25, -0.2) is 0 Å². The molecular weight excluding hydrogens is 474 g/mol. The Kier molecular flexibility index (Phi) is 5.14.